The fourth-order valence-electron chi connectivity index (χ4n) is 3.89. The quantitative estimate of drug-likeness (QED) is 0.607. The first kappa shape index (κ1) is 21.0. The summed E-state index contributed by atoms with van der Waals surface area (Å²) < 4.78 is 8.27. The second kappa shape index (κ2) is 10.2. The monoisotopic (exact) mass is 450 g/mol. The molecule has 2 aromatic rings. The van der Waals surface area contributed by atoms with E-state index in [0.29, 0.717) is 24.9 Å². The molecule has 0 saturated heterocycles. The number of ether oxygens (including phenoxy) is 1. The van der Waals surface area contributed by atoms with Gasteiger partial charge in [0, 0.05) is 25.1 Å². The summed E-state index contributed by atoms with van der Waals surface area (Å²) in [6, 6.07) is 10.1. The highest BCUT2D eigenvalue weighted by Gasteiger charge is 2.24. The number of carboxylic acid groups (broad SMARTS) is 1. The number of benzene rings is 1. The molecule has 1 saturated carbocycles. The van der Waals surface area contributed by atoms with Crippen molar-refractivity contribution in [3.8, 4) is 11.3 Å². The van der Waals surface area contributed by atoms with E-state index in [1.165, 1.54) is 0 Å². The van der Waals surface area contributed by atoms with E-state index in [9.17, 15) is 9.90 Å². The molecule has 0 aliphatic heterocycles. The summed E-state index contributed by atoms with van der Waals surface area (Å²) in [5.74, 6) is 0.0592. The molecular weight excluding hydrogens is 424 g/mol. The third kappa shape index (κ3) is 5.43. The van der Waals surface area contributed by atoms with Gasteiger partial charge in [-0.3, -0.25) is 4.68 Å². The van der Waals surface area contributed by atoms with Gasteiger partial charge in [0.25, 0.3) is 0 Å². The largest absolute Gasteiger partial charge is 0.480 e. The molecule has 0 radical (unpaired) electrons. The molecule has 7 heteroatoms. The van der Waals surface area contributed by atoms with Crippen molar-refractivity contribution in [2.45, 2.75) is 38.6 Å². The SMILES string of the molecule is O=C(O)COC[C@H]1CC[C@H](Cn2nc(-c3ccccc3)c(Br)c2CCO)CC1. The van der Waals surface area contributed by atoms with Gasteiger partial charge in [0.05, 0.1) is 16.8 Å². The molecule has 0 amide bonds. The summed E-state index contributed by atoms with van der Waals surface area (Å²) in [7, 11) is 0. The van der Waals surface area contributed by atoms with Crippen LogP contribution in [0.4, 0.5) is 0 Å². The van der Waals surface area contributed by atoms with Crippen molar-refractivity contribution >= 4 is 21.9 Å². The zero-order valence-corrected chi connectivity index (χ0v) is 17.5. The van der Waals surface area contributed by atoms with Crippen molar-refractivity contribution < 1.29 is 19.7 Å². The van der Waals surface area contributed by atoms with E-state index in [0.717, 1.165) is 53.7 Å². The Bertz CT molecular complexity index is 770. The zero-order valence-electron chi connectivity index (χ0n) is 15.9. The molecule has 0 unspecified atom stereocenters. The van der Waals surface area contributed by atoms with E-state index in [1.807, 2.05) is 30.3 Å². The number of hydrogen-bond donors (Lipinski definition) is 2. The van der Waals surface area contributed by atoms with Crippen molar-refractivity contribution in [2.75, 3.05) is 19.8 Å². The molecule has 1 aromatic heterocycles. The van der Waals surface area contributed by atoms with Crippen LogP contribution in [0.15, 0.2) is 34.8 Å². The van der Waals surface area contributed by atoms with Crippen LogP contribution >= 0.6 is 15.9 Å². The van der Waals surface area contributed by atoms with Gasteiger partial charge in [0.1, 0.15) is 12.3 Å². The van der Waals surface area contributed by atoms with E-state index >= 15 is 0 Å². The molecule has 3 rings (SSSR count). The number of rotatable bonds is 9. The molecule has 28 heavy (non-hydrogen) atoms. The molecule has 1 aromatic carbocycles. The minimum absolute atomic E-state index is 0.0895. The van der Waals surface area contributed by atoms with Crippen LogP contribution in [-0.4, -0.2) is 45.8 Å². The standard InChI is InChI=1S/C21H27BrN2O4/c22-20-18(10-11-25)24(23-21(20)17-4-2-1-3-5-17)12-15-6-8-16(9-7-15)13-28-14-19(26)27/h1-5,15-16,25H,6-14H2,(H,26,27)/t15-,16-. The highest BCUT2D eigenvalue weighted by molar-refractivity contribution is 9.10. The summed E-state index contributed by atoms with van der Waals surface area (Å²) >= 11 is 3.70. The van der Waals surface area contributed by atoms with Crippen LogP contribution in [0.2, 0.25) is 0 Å². The average molecular weight is 451 g/mol. The van der Waals surface area contributed by atoms with Gasteiger partial charge in [0.15, 0.2) is 0 Å². The van der Waals surface area contributed by atoms with Gasteiger partial charge in [-0.1, -0.05) is 30.3 Å². The number of nitrogens with zero attached hydrogens (tertiary/aromatic N) is 2. The Kier molecular flexibility index (Phi) is 7.65. The number of aliphatic hydroxyl groups is 1. The van der Waals surface area contributed by atoms with Gasteiger partial charge in [-0.05, 0) is 53.4 Å². The number of aliphatic hydroxyl groups excluding tert-OH is 1. The topological polar surface area (TPSA) is 84.6 Å². The Labute approximate surface area is 173 Å². The van der Waals surface area contributed by atoms with Crippen molar-refractivity contribution in [1.82, 2.24) is 9.78 Å². The van der Waals surface area contributed by atoms with E-state index in [2.05, 4.69) is 20.6 Å². The van der Waals surface area contributed by atoms with E-state index in [1.54, 1.807) is 0 Å². The maximum absolute atomic E-state index is 10.6. The second-order valence-electron chi connectivity index (χ2n) is 7.43. The molecule has 1 aliphatic carbocycles. The fourth-order valence-corrected chi connectivity index (χ4v) is 4.60. The molecule has 0 spiro atoms. The summed E-state index contributed by atoms with van der Waals surface area (Å²) in [6.07, 6.45) is 4.83. The number of carboxylic acids is 1. The van der Waals surface area contributed by atoms with Gasteiger partial charge in [-0.25, -0.2) is 4.79 Å². The lowest BCUT2D eigenvalue weighted by molar-refractivity contribution is -0.142. The van der Waals surface area contributed by atoms with Gasteiger partial charge in [-0.15, -0.1) is 0 Å². The molecule has 0 atom stereocenters. The smallest absolute Gasteiger partial charge is 0.329 e. The summed E-state index contributed by atoms with van der Waals surface area (Å²) in [5, 5.41) is 23.0. The van der Waals surface area contributed by atoms with Crippen LogP contribution in [0.3, 0.4) is 0 Å². The fraction of sp³-hybridized carbons (Fsp3) is 0.524. The third-order valence-electron chi connectivity index (χ3n) is 5.37. The molecule has 152 valence electrons. The van der Waals surface area contributed by atoms with Crippen molar-refractivity contribution in [2.24, 2.45) is 11.8 Å². The normalized spacial score (nSPS) is 19.6. The predicted molar refractivity (Wildman–Crippen MR) is 110 cm³/mol. The first-order valence-electron chi connectivity index (χ1n) is 9.79. The van der Waals surface area contributed by atoms with Gasteiger partial charge < -0.3 is 14.9 Å². The Morgan fingerprint density at radius 3 is 2.50 bits per heavy atom. The molecule has 0 bridgehead atoms. The number of carbonyl (C=O) groups is 1. The van der Waals surface area contributed by atoms with Crippen molar-refractivity contribution in [1.29, 1.82) is 0 Å². The molecule has 1 aliphatic rings. The lowest BCUT2D eigenvalue weighted by atomic mass is 9.82. The van der Waals surface area contributed by atoms with E-state index in [-0.39, 0.29) is 13.2 Å². The minimum Gasteiger partial charge on any atom is -0.480 e. The maximum Gasteiger partial charge on any atom is 0.329 e. The highest BCUT2D eigenvalue weighted by Crippen LogP contribution is 2.34. The second-order valence-corrected chi connectivity index (χ2v) is 8.22. The maximum atomic E-state index is 10.6. The molecular formula is C21H27BrN2O4. The predicted octanol–water partition coefficient (Wildman–Crippen LogP) is 3.76. The van der Waals surface area contributed by atoms with Crippen LogP contribution in [0.25, 0.3) is 11.3 Å². The van der Waals surface area contributed by atoms with Gasteiger partial charge in [0.2, 0.25) is 0 Å². The van der Waals surface area contributed by atoms with Crippen molar-refractivity contribution in [3.63, 3.8) is 0 Å². The molecule has 1 heterocycles. The molecule has 2 N–H and O–H groups in total. The Hall–Kier alpha value is -1.70. The van der Waals surface area contributed by atoms with E-state index in [4.69, 9.17) is 14.9 Å². The van der Waals surface area contributed by atoms with Crippen LogP contribution in [0.5, 0.6) is 0 Å². The first-order chi connectivity index (χ1) is 13.6. The van der Waals surface area contributed by atoms with Crippen LogP contribution in [0, 0.1) is 11.8 Å². The van der Waals surface area contributed by atoms with Gasteiger partial charge >= 0.3 is 5.97 Å². The average Bonchev–Trinajstić information content (AvgIpc) is 3.00. The highest BCUT2D eigenvalue weighted by atomic mass is 79.9. The van der Waals surface area contributed by atoms with Crippen molar-refractivity contribution in [3.05, 3.63) is 40.5 Å². The number of halogens is 1. The van der Waals surface area contributed by atoms with Crippen LogP contribution in [-0.2, 0) is 22.5 Å². The number of aromatic nitrogens is 2. The molecule has 6 nitrogen and oxygen atoms in total. The van der Waals surface area contributed by atoms with Crippen LogP contribution in [0.1, 0.15) is 31.4 Å². The number of hydrogen-bond acceptors (Lipinski definition) is 4. The molecule has 1 fully saturated rings. The summed E-state index contributed by atoms with van der Waals surface area (Å²) in [4.78, 5) is 10.6. The zero-order chi connectivity index (χ0) is 19.9. The Morgan fingerprint density at radius 1 is 1.18 bits per heavy atom. The summed E-state index contributed by atoms with van der Waals surface area (Å²) in [5.41, 5.74) is 3.01. The van der Waals surface area contributed by atoms with Crippen LogP contribution < -0.4 is 0 Å². The third-order valence-corrected chi connectivity index (χ3v) is 6.20. The number of aliphatic carboxylic acids is 1. The van der Waals surface area contributed by atoms with Gasteiger partial charge in [-0.2, -0.15) is 5.10 Å². The Balaban J connectivity index is 1.63. The van der Waals surface area contributed by atoms with E-state index < -0.39 is 5.97 Å². The summed E-state index contributed by atoms with van der Waals surface area (Å²) in [6.45, 7) is 1.24. The Morgan fingerprint density at radius 2 is 1.86 bits per heavy atom. The minimum atomic E-state index is -0.913. The lowest BCUT2D eigenvalue weighted by Crippen LogP contribution is -2.24. The first-order valence-corrected chi connectivity index (χ1v) is 10.6. The lowest BCUT2D eigenvalue weighted by Gasteiger charge is -2.28.